The van der Waals surface area contributed by atoms with E-state index in [0.29, 0.717) is 5.75 Å². The lowest BCUT2D eigenvalue weighted by atomic mass is 10.2. The Morgan fingerprint density at radius 2 is 1.91 bits per heavy atom. The van der Waals surface area contributed by atoms with Crippen LogP contribution in [0.5, 0.6) is 0 Å². The van der Waals surface area contributed by atoms with E-state index in [2.05, 4.69) is 42.2 Å². The molecule has 0 spiro atoms. The number of rotatable bonds is 4. The number of carbonyl (C=O) groups excluding carboxylic acids is 1. The quantitative estimate of drug-likeness (QED) is 0.533. The average Bonchev–Trinajstić information content (AvgIpc) is 2.56. The monoisotopic (exact) mass is 450 g/mol. The van der Waals surface area contributed by atoms with Gasteiger partial charge in [0.05, 0.1) is 11.3 Å². The van der Waals surface area contributed by atoms with Crippen molar-refractivity contribution in [3.8, 4) is 0 Å². The summed E-state index contributed by atoms with van der Waals surface area (Å²) < 4.78 is 1.85. The molecule has 1 heterocycles. The number of fused-ring (bicyclic) bond motifs is 1. The molecule has 1 N–H and O–H groups in total. The van der Waals surface area contributed by atoms with Gasteiger partial charge in [-0.05, 0) is 62.2 Å². The number of amides is 1. The number of nitrogens with zero attached hydrogens (tertiary/aromatic N) is 1. The van der Waals surface area contributed by atoms with Crippen molar-refractivity contribution in [1.82, 2.24) is 4.98 Å². The zero-order chi connectivity index (χ0) is 16.2. The normalized spacial score (nSPS) is 10.7. The Kier molecular flexibility index (Phi) is 5.35. The first-order valence-corrected chi connectivity index (χ1v) is 9.42. The maximum Gasteiger partial charge on any atom is 0.234 e. The summed E-state index contributed by atoms with van der Waals surface area (Å²) in [6.07, 6.45) is 1.77. The highest BCUT2D eigenvalue weighted by atomic mass is 79.9. The van der Waals surface area contributed by atoms with Crippen molar-refractivity contribution in [2.24, 2.45) is 0 Å². The van der Waals surface area contributed by atoms with Crippen molar-refractivity contribution < 1.29 is 4.79 Å². The standard InChI is InChI=1S/C17H12Br2N2OS/c18-13-7-6-12(9-14(13)19)21-16(22)10-23-15-5-1-3-11-4-2-8-20-17(11)15/h1-9H,10H2,(H,21,22). The van der Waals surface area contributed by atoms with Gasteiger partial charge in [0.1, 0.15) is 0 Å². The molecule has 2 aromatic carbocycles. The Morgan fingerprint density at radius 1 is 1.09 bits per heavy atom. The van der Waals surface area contributed by atoms with E-state index in [1.165, 1.54) is 11.8 Å². The summed E-state index contributed by atoms with van der Waals surface area (Å²) in [6, 6.07) is 15.5. The van der Waals surface area contributed by atoms with Crippen molar-refractivity contribution in [2.75, 3.05) is 11.1 Å². The minimum Gasteiger partial charge on any atom is -0.325 e. The average molecular weight is 452 g/mol. The molecule has 0 saturated carbocycles. The second-order valence-corrected chi connectivity index (χ2v) is 7.52. The zero-order valence-electron chi connectivity index (χ0n) is 11.9. The van der Waals surface area contributed by atoms with Gasteiger partial charge in [-0.1, -0.05) is 18.2 Å². The molecular formula is C17H12Br2N2OS. The molecule has 0 aliphatic carbocycles. The number of nitrogens with one attached hydrogen (secondary N) is 1. The molecule has 3 rings (SSSR count). The highest BCUT2D eigenvalue weighted by Crippen LogP contribution is 2.28. The van der Waals surface area contributed by atoms with Gasteiger partial charge in [0.2, 0.25) is 5.91 Å². The number of hydrogen-bond donors (Lipinski definition) is 1. The Labute approximate surface area is 155 Å². The number of para-hydroxylation sites is 1. The van der Waals surface area contributed by atoms with Crippen LogP contribution in [0.2, 0.25) is 0 Å². The largest absolute Gasteiger partial charge is 0.325 e. The molecule has 0 unspecified atom stereocenters. The predicted octanol–water partition coefficient (Wildman–Crippen LogP) is 5.49. The molecular weight excluding hydrogens is 440 g/mol. The van der Waals surface area contributed by atoms with Crippen molar-refractivity contribution >= 4 is 66.1 Å². The fraction of sp³-hybridized carbons (Fsp3) is 0.0588. The molecule has 0 bridgehead atoms. The Morgan fingerprint density at radius 3 is 2.74 bits per heavy atom. The van der Waals surface area contributed by atoms with E-state index in [-0.39, 0.29) is 5.91 Å². The van der Waals surface area contributed by atoms with Gasteiger partial charge in [-0.25, -0.2) is 0 Å². The highest BCUT2D eigenvalue weighted by Gasteiger charge is 2.08. The molecule has 6 heteroatoms. The van der Waals surface area contributed by atoms with E-state index in [1.54, 1.807) is 6.20 Å². The van der Waals surface area contributed by atoms with Crippen molar-refractivity contribution in [1.29, 1.82) is 0 Å². The van der Waals surface area contributed by atoms with Crippen LogP contribution >= 0.6 is 43.6 Å². The summed E-state index contributed by atoms with van der Waals surface area (Å²) in [7, 11) is 0. The molecule has 0 aliphatic heterocycles. The Hall–Kier alpha value is -1.37. The molecule has 0 fully saturated rings. The molecule has 116 valence electrons. The molecule has 0 aliphatic rings. The number of thioether (sulfide) groups is 1. The topological polar surface area (TPSA) is 42.0 Å². The number of hydrogen-bond acceptors (Lipinski definition) is 3. The van der Waals surface area contributed by atoms with Crippen LogP contribution in [0, 0.1) is 0 Å². The number of carbonyl (C=O) groups is 1. The molecule has 3 aromatic rings. The summed E-state index contributed by atoms with van der Waals surface area (Å²) in [5.74, 6) is 0.292. The first kappa shape index (κ1) is 16.5. The molecule has 1 aromatic heterocycles. The minimum atomic E-state index is -0.0443. The fourth-order valence-electron chi connectivity index (χ4n) is 2.11. The third-order valence-corrected chi connectivity index (χ3v) is 6.08. The van der Waals surface area contributed by atoms with Crippen LogP contribution in [0.15, 0.2) is 68.6 Å². The van der Waals surface area contributed by atoms with Crippen LogP contribution in [0.3, 0.4) is 0 Å². The molecule has 23 heavy (non-hydrogen) atoms. The van der Waals surface area contributed by atoms with Gasteiger partial charge >= 0.3 is 0 Å². The smallest absolute Gasteiger partial charge is 0.234 e. The van der Waals surface area contributed by atoms with Crippen molar-refractivity contribution in [2.45, 2.75) is 4.90 Å². The van der Waals surface area contributed by atoms with Gasteiger partial charge in [0.25, 0.3) is 0 Å². The maximum absolute atomic E-state index is 12.1. The maximum atomic E-state index is 12.1. The van der Waals surface area contributed by atoms with Crippen LogP contribution in [0.1, 0.15) is 0 Å². The van der Waals surface area contributed by atoms with Crippen LogP contribution in [0.25, 0.3) is 10.9 Å². The van der Waals surface area contributed by atoms with Gasteiger partial charge in [-0.2, -0.15) is 0 Å². The van der Waals surface area contributed by atoms with E-state index in [4.69, 9.17) is 0 Å². The molecule has 0 radical (unpaired) electrons. The lowest BCUT2D eigenvalue weighted by molar-refractivity contribution is -0.113. The van der Waals surface area contributed by atoms with Gasteiger partial charge in [-0.3, -0.25) is 9.78 Å². The zero-order valence-corrected chi connectivity index (χ0v) is 15.9. The minimum absolute atomic E-state index is 0.0443. The fourth-order valence-corrected chi connectivity index (χ4v) is 3.57. The summed E-state index contributed by atoms with van der Waals surface area (Å²) in [5.41, 5.74) is 1.70. The van der Waals surface area contributed by atoms with Gasteiger partial charge in [0, 0.05) is 31.1 Å². The number of anilines is 1. The van der Waals surface area contributed by atoms with Crippen LogP contribution < -0.4 is 5.32 Å². The van der Waals surface area contributed by atoms with E-state index in [0.717, 1.165) is 30.4 Å². The summed E-state index contributed by atoms with van der Waals surface area (Å²) in [5, 5.41) is 3.98. The van der Waals surface area contributed by atoms with E-state index >= 15 is 0 Å². The second-order valence-electron chi connectivity index (χ2n) is 4.80. The van der Waals surface area contributed by atoms with E-state index in [9.17, 15) is 4.79 Å². The number of pyridine rings is 1. The first-order valence-electron chi connectivity index (χ1n) is 6.85. The Balaban J connectivity index is 1.67. The van der Waals surface area contributed by atoms with E-state index in [1.807, 2.05) is 48.5 Å². The number of aromatic nitrogens is 1. The van der Waals surface area contributed by atoms with Crippen LogP contribution in [-0.2, 0) is 4.79 Å². The number of benzene rings is 2. The molecule has 3 nitrogen and oxygen atoms in total. The van der Waals surface area contributed by atoms with Crippen LogP contribution in [-0.4, -0.2) is 16.6 Å². The number of halogens is 2. The van der Waals surface area contributed by atoms with Crippen molar-refractivity contribution in [3.05, 3.63) is 63.7 Å². The predicted molar refractivity (Wildman–Crippen MR) is 103 cm³/mol. The van der Waals surface area contributed by atoms with E-state index < -0.39 is 0 Å². The lowest BCUT2D eigenvalue weighted by Crippen LogP contribution is -2.14. The van der Waals surface area contributed by atoms with Gasteiger partial charge in [0.15, 0.2) is 0 Å². The summed E-state index contributed by atoms with van der Waals surface area (Å²) in [4.78, 5) is 17.5. The van der Waals surface area contributed by atoms with Crippen molar-refractivity contribution in [3.63, 3.8) is 0 Å². The Bertz CT molecular complexity index is 865. The summed E-state index contributed by atoms with van der Waals surface area (Å²) >= 11 is 8.33. The third-order valence-electron chi connectivity index (χ3n) is 3.16. The SMILES string of the molecule is O=C(CSc1cccc2cccnc12)Nc1ccc(Br)c(Br)c1. The molecule has 1 amide bonds. The lowest BCUT2D eigenvalue weighted by Gasteiger charge is -2.08. The third kappa shape index (κ3) is 4.13. The van der Waals surface area contributed by atoms with Gasteiger partial charge in [-0.15, -0.1) is 11.8 Å². The van der Waals surface area contributed by atoms with Gasteiger partial charge < -0.3 is 5.32 Å². The van der Waals surface area contributed by atoms with Crippen LogP contribution in [0.4, 0.5) is 5.69 Å². The summed E-state index contributed by atoms with van der Waals surface area (Å²) in [6.45, 7) is 0. The molecule has 0 saturated heterocycles. The first-order chi connectivity index (χ1) is 11.1. The molecule has 0 atom stereocenters. The highest BCUT2D eigenvalue weighted by molar-refractivity contribution is 9.13. The second kappa shape index (κ2) is 7.47.